The van der Waals surface area contributed by atoms with Crippen molar-refractivity contribution in [1.29, 1.82) is 0 Å². The first kappa shape index (κ1) is 13.4. The third-order valence-corrected chi connectivity index (χ3v) is 1.42. The molecule has 0 aliphatic rings. The summed E-state index contributed by atoms with van der Waals surface area (Å²) in [5.41, 5.74) is 0.362. The molecule has 0 bridgehead atoms. The number of allylic oxidation sites excluding steroid dienone is 1. The monoisotopic (exact) mass is 212 g/mol. The Hall–Kier alpha value is -1.58. The minimum Gasteiger partial charge on any atom is -0.462 e. The van der Waals surface area contributed by atoms with E-state index in [1.807, 2.05) is 0 Å². The summed E-state index contributed by atoms with van der Waals surface area (Å²) < 4.78 is 9.58. The first-order valence-electron chi connectivity index (χ1n) is 4.70. The Kier molecular flexibility index (Phi) is 6.97. The van der Waals surface area contributed by atoms with E-state index in [2.05, 4.69) is 6.58 Å². The SMILES string of the molecule is C=C(C)C(=O)OCCCOC(=O)C=CC. The predicted molar refractivity (Wildman–Crippen MR) is 56.2 cm³/mol. The van der Waals surface area contributed by atoms with Gasteiger partial charge in [-0.3, -0.25) is 0 Å². The van der Waals surface area contributed by atoms with Gasteiger partial charge < -0.3 is 9.47 Å². The van der Waals surface area contributed by atoms with Crippen LogP contribution in [0.4, 0.5) is 0 Å². The number of esters is 2. The van der Waals surface area contributed by atoms with Gasteiger partial charge in [0.1, 0.15) is 0 Å². The number of hydrogen-bond acceptors (Lipinski definition) is 4. The van der Waals surface area contributed by atoms with E-state index in [9.17, 15) is 9.59 Å². The second kappa shape index (κ2) is 7.79. The topological polar surface area (TPSA) is 52.6 Å². The molecule has 0 aromatic carbocycles. The normalized spacial score (nSPS) is 10.0. The average molecular weight is 212 g/mol. The number of carbonyl (C=O) groups excluding carboxylic acids is 2. The Morgan fingerprint density at radius 2 is 1.87 bits per heavy atom. The lowest BCUT2D eigenvalue weighted by Crippen LogP contribution is -2.09. The van der Waals surface area contributed by atoms with Gasteiger partial charge in [0.15, 0.2) is 0 Å². The summed E-state index contributed by atoms with van der Waals surface area (Å²) >= 11 is 0. The van der Waals surface area contributed by atoms with E-state index >= 15 is 0 Å². The van der Waals surface area contributed by atoms with E-state index in [4.69, 9.17) is 9.47 Å². The molecule has 0 saturated heterocycles. The Labute approximate surface area is 89.6 Å². The molecule has 4 nitrogen and oxygen atoms in total. The van der Waals surface area contributed by atoms with Gasteiger partial charge >= 0.3 is 11.9 Å². The van der Waals surface area contributed by atoms with Crippen molar-refractivity contribution in [3.8, 4) is 0 Å². The van der Waals surface area contributed by atoms with Crippen molar-refractivity contribution in [2.45, 2.75) is 20.3 Å². The highest BCUT2D eigenvalue weighted by atomic mass is 16.5. The fraction of sp³-hybridized carbons (Fsp3) is 0.455. The molecule has 0 atom stereocenters. The second-order valence-electron chi connectivity index (χ2n) is 2.94. The first-order valence-corrected chi connectivity index (χ1v) is 4.70. The molecule has 0 N–H and O–H groups in total. The minimum atomic E-state index is -0.421. The average Bonchev–Trinajstić information content (AvgIpc) is 2.17. The molecule has 4 heteroatoms. The summed E-state index contributed by atoms with van der Waals surface area (Å²) in [4.78, 5) is 21.7. The van der Waals surface area contributed by atoms with E-state index < -0.39 is 5.97 Å². The van der Waals surface area contributed by atoms with Crippen molar-refractivity contribution < 1.29 is 19.1 Å². The van der Waals surface area contributed by atoms with Crippen LogP contribution in [0.5, 0.6) is 0 Å². The van der Waals surface area contributed by atoms with Crippen LogP contribution in [0.25, 0.3) is 0 Å². The maximum atomic E-state index is 10.9. The molecule has 0 aliphatic carbocycles. The quantitative estimate of drug-likeness (QED) is 0.381. The zero-order valence-electron chi connectivity index (χ0n) is 9.12. The van der Waals surface area contributed by atoms with Crippen LogP contribution >= 0.6 is 0 Å². The van der Waals surface area contributed by atoms with Crippen LogP contribution in [0.3, 0.4) is 0 Å². The third kappa shape index (κ3) is 7.49. The smallest absolute Gasteiger partial charge is 0.333 e. The maximum absolute atomic E-state index is 10.9. The summed E-state index contributed by atoms with van der Waals surface area (Å²) in [7, 11) is 0. The van der Waals surface area contributed by atoms with E-state index in [0.717, 1.165) is 0 Å². The molecule has 0 heterocycles. The molecule has 84 valence electrons. The Morgan fingerprint density at radius 1 is 1.27 bits per heavy atom. The lowest BCUT2D eigenvalue weighted by molar-refractivity contribution is -0.140. The summed E-state index contributed by atoms with van der Waals surface area (Å²) in [5, 5.41) is 0. The molecule has 0 aromatic rings. The lowest BCUT2D eigenvalue weighted by atomic mass is 10.4. The van der Waals surface area contributed by atoms with Crippen molar-refractivity contribution >= 4 is 11.9 Å². The Bertz CT molecular complexity index is 266. The highest BCUT2D eigenvalue weighted by Gasteiger charge is 2.02. The van der Waals surface area contributed by atoms with Gasteiger partial charge in [0.25, 0.3) is 0 Å². The molecule has 0 aliphatic heterocycles. The van der Waals surface area contributed by atoms with Crippen molar-refractivity contribution in [2.24, 2.45) is 0 Å². The molecule has 0 unspecified atom stereocenters. The van der Waals surface area contributed by atoms with E-state index in [1.165, 1.54) is 6.08 Å². The van der Waals surface area contributed by atoms with Crippen LogP contribution in [-0.2, 0) is 19.1 Å². The van der Waals surface area contributed by atoms with Crippen molar-refractivity contribution in [2.75, 3.05) is 13.2 Å². The van der Waals surface area contributed by atoms with Crippen LogP contribution < -0.4 is 0 Å². The van der Waals surface area contributed by atoms with Crippen LogP contribution in [-0.4, -0.2) is 25.2 Å². The Balaban J connectivity index is 3.44. The fourth-order valence-electron chi connectivity index (χ4n) is 0.704. The fourth-order valence-corrected chi connectivity index (χ4v) is 0.704. The van der Waals surface area contributed by atoms with Gasteiger partial charge in [0.05, 0.1) is 13.2 Å². The van der Waals surface area contributed by atoms with Crippen LogP contribution in [0.15, 0.2) is 24.3 Å². The lowest BCUT2D eigenvalue weighted by Gasteiger charge is -2.04. The van der Waals surface area contributed by atoms with Gasteiger partial charge in [-0.2, -0.15) is 0 Å². The van der Waals surface area contributed by atoms with Gasteiger partial charge in [-0.05, 0) is 13.8 Å². The molecule has 0 saturated carbocycles. The highest BCUT2D eigenvalue weighted by Crippen LogP contribution is 1.94. The van der Waals surface area contributed by atoms with Gasteiger partial charge in [0, 0.05) is 18.1 Å². The summed E-state index contributed by atoms with van der Waals surface area (Å²) in [5.74, 6) is -0.807. The molecule has 15 heavy (non-hydrogen) atoms. The number of hydrogen-bond donors (Lipinski definition) is 0. The van der Waals surface area contributed by atoms with E-state index in [0.29, 0.717) is 12.0 Å². The first-order chi connectivity index (χ1) is 7.07. The molecular formula is C11H16O4. The van der Waals surface area contributed by atoms with Crippen molar-refractivity contribution in [3.63, 3.8) is 0 Å². The standard InChI is InChI=1S/C11H16O4/c1-4-6-10(12)14-7-5-8-15-11(13)9(2)3/h4,6H,2,5,7-8H2,1,3H3. The zero-order valence-corrected chi connectivity index (χ0v) is 9.12. The van der Waals surface area contributed by atoms with Crippen LogP contribution in [0.1, 0.15) is 20.3 Å². The van der Waals surface area contributed by atoms with E-state index in [1.54, 1.807) is 19.9 Å². The van der Waals surface area contributed by atoms with Crippen molar-refractivity contribution in [3.05, 3.63) is 24.3 Å². The van der Waals surface area contributed by atoms with Gasteiger partial charge in [0.2, 0.25) is 0 Å². The largest absolute Gasteiger partial charge is 0.462 e. The highest BCUT2D eigenvalue weighted by molar-refractivity contribution is 5.86. The molecule has 0 amide bonds. The van der Waals surface area contributed by atoms with Gasteiger partial charge in [-0.15, -0.1) is 0 Å². The third-order valence-electron chi connectivity index (χ3n) is 1.42. The van der Waals surface area contributed by atoms with Gasteiger partial charge in [-0.25, -0.2) is 9.59 Å². The second-order valence-corrected chi connectivity index (χ2v) is 2.94. The van der Waals surface area contributed by atoms with Crippen LogP contribution in [0, 0.1) is 0 Å². The predicted octanol–water partition coefficient (Wildman–Crippen LogP) is 1.62. The maximum Gasteiger partial charge on any atom is 0.333 e. The van der Waals surface area contributed by atoms with Crippen LogP contribution in [0.2, 0.25) is 0 Å². The molecule has 0 radical (unpaired) electrons. The minimum absolute atomic E-state index is 0.231. The summed E-state index contributed by atoms with van der Waals surface area (Å²) in [6.07, 6.45) is 3.42. The summed E-state index contributed by atoms with van der Waals surface area (Å²) in [6.45, 7) is 7.22. The molecule has 0 spiro atoms. The number of ether oxygens (including phenoxy) is 2. The summed E-state index contributed by atoms with van der Waals surface area (Å²) in [6, 6.07) is 0. The zero-order chi connectivity index (χ0) is 11.7. The molecule has 0 aromatic heterocycles. The number of rotatable bonds is 6. The molecular weight excluding hydrogens is 196 g/mol. The Morgan fingerprint density at radius 3 is 2.40 bits per heavy atom. The molecule has 0 fully saturated rings. The van der Waals surface area contributed by atoms with Gasteiger partial charge in [-0.1, -0.05) is 12.7 Å². The molecule has 0 rings (SSSR count). The number of carbonyl (C=O) groups is 2. The van der Waals surface area contributed by atoms with Crippen molar-refractivity contribution in [1.82, 2.24) is 0 Å². The van der Waals surface area contributed by atoms with E-state index in [-0.39, 0.29) is 19.2 Å².